The van der Waals surface area contributed by atoms with Gasteiger partial charge in [0.2, 0.25) is 5.91 Å². The molecular formula is C12H14N2O2. The predicted octanol–water partition coefficient (Wildman–Crippen LogP) is 1.29. The van der Waals surface area contributed by atoms with Crippen LogP contribution in [0.1, 0.15) is 18.4 Å². The van der Waals surface area contributed by atoms with Gasteiger partial charge in [0, 0.05) is 20.1 Å². The first-order valence-electron chi connectivity index (χ1n) is 5.07. The summed E-state index contributed by atoms with van der Waals surface area (Å²) in [5.41, 5.74) is 1.08. The number of aliphatic hydroxyl groups is 1. The van der Waals surface area contributed by atoms with Gasteiger partial charge >= 0.3 is 0 Å². The van der Waals surface area contributed by atoms with E-state index in [0.717, 1.165) is 0 Å². The molecule has 1 aromatic carbocycles. The second kappa shape index (κ2) is 5.89. The number of aliphatic hydroxyl groups excluding tert-OH is 1. The zero-order valence-corrected chi connectivity index (χ0v) is 9.18. The Bertz CT molecular complexity index is 410. The quantitative estimate of drug-likeness (QED) is 0.828. The highest BCUT2D eigenvalue weighted by molar-refractivity contribution is 5.94. The zero-order valence-electron chi connectivity index (χ0n) is 9.18. The maximum atomic E-state index is 11.7. The molecule has 0 spiro atoms. The van der Waals surface area contributed by atoms with Crippen molar-refractivity contribution in [2.24, 2.45) is 0 Å². The number of hydrogen-bond donors (Lipinski definition) is 1. The Labute approximate surface area is 94.7 Å². The van der Waals surface area contributed by atoms with E-state index in [9.17, 15) is 4.79 Å². The fourth-order valence-electron chi connectivity index (χ4n) is 1.39. The van der Waals surface area contributed by atoms with Crippen LogP contribution in [-0.2, 0) is 4.79 Å². The van der Waals surface area contributed by atoms with E-state index in [0.29, 0.717) is 17.7 Å². The van der Waals surface area contributed by atoms with Gasteiger partial charge in [-0.2, -0.15) is 5.26 Å². The molecule has 0 radical (unpaired) electrons. The molecule has 0 heterocycles. The monoisotopic (exact) mass is 218 g/mol. The van der Waals surface area contributed by atoms with Crippen molar-refractivity contribution in [3.8, 4) is 6.07 Å². The Balaban J connectivity index is 2.84. The molecule has 1 aromatic rings. The number of amides is 1. The van der Waals surface area contributed by atoms with Crippen molar-refractivity contribution < 1.29 is 9.90 Å². The van der Waals surface area contributed by atoms with Crippen molar-refractivity contribution in [2.45, 2.75) is 12.8 Å². The number of rotatable bonds is 4. The van der Waals surface area contributed by atoms with E-state index in [2.05, 4.69) is 0 Å². The minimum atomic E-state index is -0.100. The van der Waals surface area contributed by atoms with Crippen LogP contribution in [0.2, 0.25) is 0 Å². The van der Waals surface area contributed by atoms with Crippen LogP contribution in [0.15, 0.2) is 24.3 Å². The molecule has 4 heteroatoms. The molecule has 1 amide bonds. The summed E-state index contributed by atoms with van der Waals surface area (Å²) in [6.07, 6.45) is 0.727. The highest BCUT2D eigenvalue weighted by atomic mass is 16.3. The first-order chi connectivity index (χ1) is 7.70. The lowest BCUT2D eigenvalue weighted by Crippen LogP contribution is -2.26. The topological polar surface area (TPSA) is 64.3 Å². The van der Waals surface area contributed by atoms with Crippen molar-refractivity contribution >= 4 is 11.6 Å². The van der Waals surface area contributed by atoms with Crippen molar-refractivity contribution in [1.82, 2.24) is 0 Å². The van der Waals surface area contributed by atoms with E-state index >= 15 is 0 Å². The average Bonchev–Trinajstić information content (AvgIpc) is 2.34. The summed E-state index contributed by atoms with van der Waals surface area (Å²) in [4.78, 5) is 13.1. The molecule has 0 aliphatic carbocycles. The van der Waals surface area contributed by atoms with Gasteiger partial charge in [-0.05, 0) is 18.6 Å². The largest absolute Gasteiger partial charge is 0.396 e. The van der Waals surface area contributed by atoms with Crippen molar-refractivity contribution in [3.05, 3.63) is 29.8 Å². The molecule has 16 heavy (non-hydrogen) atoms. The highest BCUT2D eigenvalue weighted by Gasteiger charge is 2.13. The van der Waals surface area contributed by atoms with Crippen LogP contribution in [0.5, 0.6) is 0 Å². The van der Waals surface area contributed by atoms with Gasteiger partial charge in [-0.1, -0.05) is 12.1 Å². The highest BCUT2D eigenvalue weighted by Crippen LogP contribution is 2.18. The predicted molar refractivity (Wildman–Crippen MR) is 60.9 cm³/mol. The smallest absolute Gasteiger partial charge is 0.226 e. The normalized spacial score (nSPS) is 9.56. The SMILES string of the molecule is CN(C(=O)CCCO)c1ccccc1C#N. The Hall–Kier alpha value is -1.86. The Morgan fingerprint density at radius 3 is 2.81 bits per heavy atom. The molecule has 0 bridgehead atoms. The summed E-state index contributed by atoms with van der Waals surface area (Å²) in [6, 6.07) is 8.99. The maximum absolute atomic E-state index is 11.7. The molecular weight excluding hydrogens is 204 g/mol. The van der Waals surface area contributed by atoms with Crippen molar-refractivity contribution in [3.63, 3.8) is 0 Å². The van der Waals surface area contributed by atoms with Gasteiger partial charge in [0.1, 0.15) is 6.07 Å². The van der Waals surface area contributed by atoms with Gasteiger partial charge < -0.3 is 10.0 Å². The fraction of sp³-hybridized carbons (Fsp3) is 0.333. The van der Waals surface area contributed by atoms with Gasteiger partial charge in [-0.25, -0.2) is 0 Å². The second-order valence-electron chi connectivity index (χ2n) is 3.41. The zero-order chi connectivity index (χ0) is 12.0. The number of hydrogen-bond acceptors (Lipinski definition) is 3. The number of benzene rings is 1. The van der Waals surface area contributed by atoms with Crippen LogP contribution in [0, 0.1) is 11.3 Å². The molecule has 0 saturated carbocycles. The molecule has 0 aromatic heterocycles. The number of para-hydroxylation sites is 1. The summed E-state index contributed by atoms with van der Waals surface area (Å²) >= 11 is 0. The van der Waals surface area contributed by atoms with Gasteiger partial charge in [0.25, 0.3) is 0 Å². The lowest BCUT2D eigenvalue weighted by Gasteiger charge is -2.18. The van der Waals surface area contributed by atoms with Crippen LogP contribution < -0.4 is 4.90 Å². The van der Waals surface area contributed by atoms with Crippen LogP contribution in [0.25, 0.3) is 0 Å². The van der Waals surface area contributed by atoms with E-state index in [-0.39, 0.29) is 18.9 Å². The third kappa shape index (κ3) is 2.81. The molecule has 0 aliphatic heterocycles. The summed E-state index contributed by atoms with van der Waals surface area (Å²) in [5, 5.41) is 17.5. The standard InChI is InChI=1S/C12H14N2O2/c1-14(12(16)7-4-8-15)11-6-3-2-5-10(11)9-13/h2-3,5-6,15H,4,7-8H2,1H3. The van der Waals surface area contributed by atoms with Crippen LogP contribution in [0.3, 0.4) is 0 Å². The van der Waals surface area contributed by atoms with E-state index in [4.69, 9.17) is 10.4 Å². The molecule has 0 aliphatic rings. The van der Waals surface area contributed by atoms with Crippen molar-refractivity contribution in [1.29, 1.82) is 5.26 Å². The van der Waals surface area contributed by atoms with E-state index in [1.165, 1.54) is 4.90 Å². The lowest BCUT2D eigenvalue weighted by atomic mass is 10.1. The van der Waals surface area contributed by atoms with Gasteiger partial charge in [0.05, 0.1) is 11.3 Å². The number of carbonyl (C=O) groups is 1. The number of nitrogens with zero attached hydrogens (tertiary/aromatic N) is 2. The summed E-state index contributed by atoms with van der Waals surface area (Å²) in [6.45, 7) is -0.000519. The minimum Gasteiger partial charge on any atom is -0.396 e. The van der Waals surface area contributed by atoms with E-state index in [1.54, 1.807) is 31.3 Å². The van der Waals surface area contributed by atoms with Crippen molar-refractivity contribution in [2.75, 3.05) is 18.6 Å². The van der Waals surface area contributed by atoms with Gasteiger partial charge in [-0.15, -0.1) is 0 Å². The van der Waals surface area contributed by atoms with Gasteiger partial charge in [-0.3, -0.25) is 4.79 Å². The third-order valence-electron chi connectivity index (χ3n) is 2.31. The molecule has 1 N–H and O–H groups in total. The molecule has 0 unspecified atom stereocenters. The van der Waals surface area contributed by atoms with Crippen LogP contribution >= 0.6 is 0 Å². The van der Waals surface area contributed by atoms with Crippen LogP contribution in [-0.4, -0.2) is 24.7 Å². The Kier molecular flexibility index (Phi) is 4.49. The first kappa shape index (κ1) is 12.2. The lowest BCUT2D eigenvalue weighted by molar-refractivity contribution is -0.118. The second-order valence-corrected chi connectivity index (χ2v) is 3.41. The molecule has 1 rings (SSSR count). The number of carbonyl (C=O) groups excluding carboxylic acids is 1. The fourth-order valence-corrected chi connectivity index (χ4v) is 1.39. The molecule has 0 fully saturated rings. The molecule has 0 atom stereocenters. The molecule has 84 valence electrons. The Morgan fingerprint density at radius 2 is 2.19 bits per heavy atom. The minimum absolute atomic E-state index is 0.000519. The summed E-state index contributed by atoms with van der Waals surface area (Å²) in [5.74, 6) is -0.100. The first-order valence-corrected chi connectivity index (χ1v) is 5.07. The molecule has 0 saturated heterocycles. The number of anilines is 1. The van der Waals surface area contributed by atoms with E-state index in [1.807, 2.05) is 6.07 Å². The summed E-state index contributed by atoms with van der Waals surface area (Å²) in [7, 11) is 1.63. The average molecular weight is 218 g/mol. The van der Waals surface area contributed by atoms with Gasteiger partial charge in [0.15, 0.2) is 0 Å². The molecule has 4 nitrogen and oxygen atoms in total. The summed E-state index contributed by atoms with van der Waals surface area (Å²) < 4.78 is 0. The maximum Gasteiger partial charge on any atom is 0.226 e. The Morgan fingerprint density at radius 1 is 1.50 bits per heavy atom. The number of nitriles is 1. The third-order valence-corrected chi connectivity index (χ3v) is 2.31. The van der Waals surface area contributed by atoms with E-state index < -0.39 is 0 Å². The van der Waals surface area contributed by atoms with Crippen LogP contribution in [0.4, 0.5) is 5.69 Å².